The van der Waals surface area contributed by atoms with Gasteiger partial charge in [-0.1, -0.05) is 0 Å². The molecule has 0 amide bonds. The fourth-order valence-electron chi connectivity index (χ4n) is 3.13. The molecule has 4 rings (SSSR count). The lowest BCUT2D eigenvalue weighted by Crippen LogP contribution is -2.47. The average molecular weight is 324 g/mol. The number of nitrogens with zero attached hydrogens (tertiary/aromatic N) is 5. The van der Waals surface area contributed by atoms with Gasteiger partial charge in [-0.2, -0.15) is 0 Å². The first-order valence-electron chi connectivity index (χ1n) is 8.22. The van der Waals surface area contributed by atoms with Crippen molar-refractivity contribution < 1.29 is 4.74 Å². The molecule has 4 heterocycles. The third-order valence-electron chi connectivity index (χ3n) is 4.26. The first-order valence-corrected chi connectivity index (χ1v) is 8.22. The van der Waals surface area contributed by atoms with Gasteiger partial charge in [0.25, 0.3) is 0 Å². The number of pyridine rings is 1. The topological polar surface area (TPSA) is 70.2 Å². The minimum Gasteiger partial charge on any atom is -0.490 e. The average Bonchev–Trinajstić information content (AvgIpc) is 3.11. The van der Waals surface area contributed by atoms with Crippen LogP contribution in [0.3, 0.4) is 0 Å². The Kier molecular flexibility index (Phi) is 3.90. The first-order chi connectivity index (χ1) is 11.9. The third kappa shape index (κ3) is 2.62. The summed E-state index contributed by atoms with van der Waals surface area (Å²) in [6, 6.07) is 5.92. The van der Waals surface area contributed by atoms with Gasteiger partial charge in [0.2, 0.25) is 0 Å². The summed E-state index contributed by atoms with van der Waals surface area (Å²) in [5.74, 6) is 2.77. The molecule has 1 saturated heterocycles. The third-order valence-corrected chi connectivity index (χ3v) is 4.26. The number of piperazine rings is 1. The van der Waals surface area contributed by atoms with Crippen LogP contribution >= 0.6 is 0 Å². The van der Waals surface area contributed by atoms with Crippen molar-refractivity contribution in [1.29, 1.82) is 0 Å². The van der Waals surface area contributed by atoms with E-state index in [9.17, 15) is 0 Å². The summed E-state index contributed by atoms with van der Waals surface area (Å²) >= 11 is 0. The zero-order valence-electron chi connectivity index (χ0n) is 13.6. The number of nitrogens with one attached hydrogen (secondary N) is 1. The predicted octanol–water partition coefficient (Wildman–Crippen LogP) is 2.08. The minimum absolute atomic E-state index is 0.644. The van der Waals surface area contributed by atoms with Crippen molar-refractivity contribution in [3.05, 3.63) is 36.9 Å². The van der Waals surface area contributed by atoms with Crippen molar-refractivity contribution in [2.24, 2.45) is 0 Å². The number of ether oxygens (including phenoxy) is 1. The van der Waals surface area contributed by atoms with Crippen LogP contribution in [0.4, 0.5) is 11.6 Å². The zero-order valence-corrected chi connectivity index (χ0v) is 13.6. The second-order valence-corrected chi connectivity index (χ2v) is 5.67. The van der Waals surface area contributed by atoms with Crippen LogP contribution < -0.4 is 14.5 Å². The number of H-pyrrole nitrogens is 1. The van der Waals surface area contributed by atoms with Crippen LogP contribution in [0.15, 0.2) is 36.9 Å². The van der Waals surface area contributed by atoms with E-state index in [-0.39, 0.29) is 0 Å². The molecule has 0 saturated carbocycles. The highest BCUT2D eigenvalue weighted by atomic mass is 16.5. The second kappa shape index (κ2) is 6.35. The summed E-state index contributed by atoms with van der Waals surface area (Å²) in [5, 5.41) is 1.07. The number of aromatic amines is 1. The monoisotopic (exact) mass is 324 g/mol. The molecule has 1 aliphatic heterocycles. The van der Waals surface area contributed by atoms with Gasteiger partial charge in [-0.05, 0) is 25.1 Å². The summed E-state index contributed by atoms with van der Waals surface area (Å²) in [4.78, 5) is 21.0. The summed E-state index contributed by atoms with van der Waals surface area (Å²) in [5.41, 5.74) is 0.880. The molecule has 24 heavy (non-hydrogen) atoms. The van der Waals surface area contributed by atoms with E-state index >= 15 is 0 Å². The Morgan fingerprint density at radius 3 is 2.62 bits per heavy atom. The highest BCUT2D eigenvalue weighted by Gasteiger charge is 2.22. The molecule has 3 aromatic heterocycles. The molecule has 1 aliphatic rings. The normalized spacial score (nSPS) is 15.0. The van der Waals surface area contributed by atoms with Crippen LogP contribution in [0.25, 0.3) is 11.0 Å². The maximum Gasteiger partial charge on any atom is 0.171 e. The van der Waals surface area contributed by atoms with Crippen LogP contribution in [0.2, 0.25) is 0 Å². The maximum atomic E-state index is 5.71. The van der Waals surface area contributed by atoms with E-state index in [0.717, 1.165) is 54.6 Å². The molecule has 1 fully saturated rings. The quantitative estimate of drug-likeness (QED) is 0.792. The number of anilines is 2. The van der Waals surface area contributed by atoms with Crippen LogP contribution in [-0.2, 0) is 0 Å². The number of hydrogen-bond acceptors (Lipinski definition) is 6. The van der Waals surface area contributed by atoms with Crippen molar-refractivity contribution in [3.8, 4) is 5.75 Å². The molecule has 0 aliphatic carbocycles. The highest BCUT2D eigenvalue weighted by Crippen LogP contribution is 2.28. The van der Waals surface area contributed by atoms with Gasteiger partial charge in [-0.15, -0.1) is 0 Å². The second-order valence-electron chi connectivity index (χ2n) is 5.67. The van der Waals surface area contributed by atoms with Crippen LogP contribution in [0.1, 0.15) is 6.92 Å². The van der Waals surface area contributed by atoms with E-state index in [2.05, 4.69) is 29.7 Å². The number of fused-ring (bicyclic) bond motifs is 1. The van der Waals surface area contributed by atoms with E-state index < -0.39 is 0 Å². The molecule has 0 aromatic carbocycles. The molecule has 0 spiro atoms. The van der Waals surface area contributed by atoms with Gasteiger partial charge in [-0.25, -0.2) is 15.0 Å². The zero-order chi connectivity index (χ0) is 16.4. The number of rotatable bonds is 4. The van der Waals surface area contributed by atoms with Crippen LogP contribution in [-0.4, -0.2) is 52.7 Å². The Bertz CT molecular complexity index is 825. The van der Waals surface area contributed by atoms with Crippen LogP contribution in [0, 0.1) is 0 Å². The van der Waals surface area contributed by atoms with Crippen molar-refractivity contribution in [3.63, 3.8) is 0 Å². The molecule has 0 radical (unpaired) electrons. The molecular weight excluding hydrogens is 304 g/mol. The van der Waals surface area contributed by atoms with E-state index in [1.54, 1.807) is 6.33 Å². The van der Waals surface area contributed by atoms with Crippen molar-refractivity contribution in [1.82, 2.24) is 19.9 Å². The SMILES string of the molecule is CCOc1cccnc1N1CCN(c2ncnc3[nH]ccc23)CC1. The van der Waals surface area contributed by atoms with E-state index in [1.807, 2.05) is 37.5 Å². The van der Waals surface area contributed by atoms with Gasteiger partial charge in [0.15, 0.2) is 11.6 Å². The molecule has 0 atom stereocenters. The summed E-state index contributed by atoms with van der Waals surface area (Å²) < 4.78 is 5.71. The molecule has 0 unspecified atom stereocenters. The molecule has 7 nitrogen and oxygen atoms in total. The summed E-state index contributed by atoms with van der Waals surface area (Å²) in [6.07, 6.45) is 5.34. The number of hydrogen-bond donors (Lipinski definition) is 1. The van der Waals surface area contributed by atoms with Gasteiger partial charge >= 0.3 is 0 Å². The Hall–Kier alpha value is -2.83. The smallest absolute Gasteiger partial charge is 0.171 e. The van der Waals surface area contributed by atoms with Gasteiger partial charge in [0.05, 0.1) is 12.0 Å². The van der Waals surface area contributed by atoms with Crippen molar-refractivity contribution in [2.45, 2.75) is 6.92 Å². The fourth-order valence-corrected chi connectivity index (χ4v) is 3.13. The van der Waals surface area contributed by atoms with E-state index in [4.69, 9.17) is 4.74 Å². The molecule has 3 aromatic rings. The van der Waals surface area contributed by atoms with Gasteiger partial charge in [0, 0.05) is 38.6 Å². The molecule has 124 valence electrons. The Labute approximate surface area is 140 Å². The van der Waals surface area contributed by atoms with Crippen molar-refractivity contribution >= 4 is 22.7 Å². The number of aromatic nitrogens is 4. The lowest BCUT2D eigenvalue weighted by Gasteiger charge is -2.36. The Morgan fingerprint density at radius 1 is 1.04 bits per heavy atom. The molecular formula is C17H20N6O. The fraction of sp³-hybridized carbons (Fsp3) is 0.353. The van der Waals surface area contributed by atoms with Gasteiger partial charge < -0.3 is 19.5 Å². The first kappa shape index (κ1) is 14.7. The highest BCUT2D eigenvalue weighted by molar-refractivity contribution is 5.87. The Balaban J connectivity index is 1.52. The molecule has 1 N–H and O–H groups in total. The standard InChI is InChI=1S/C17H20N6O/c1-2-24-14-4-3-6-19-17(14)23-10-8-22(9-11-23)16-13-5-7-18-15(13)20-12-21-16/h3-7,12H,2,8-11H2,1H3,(H,18,20,21). The van der Waals surface area contributed by atoms with Gasteiger partial charge in [0.1, 0.15) is 17.8 Å². The molecule has 0 bridgehead atoms. The lowest BCUT2D eigenvalue weighted by molar-refractivity contribution is 0.338. The van der Waals surface area contributed by atoms with Gasteiger partial charge in [-0.3, -0.25) is 0 Å². The predicted molar refractivity (Wildman–Crippen MR) is 93.7 cm³/mol. The summed E-state index contributed by atoms with van der Waals surface area (Å²) in [7, 11) is 0. The summed E-state index contributed by atoms with van der Waals surface area (Å²) in [6.45, 7) is 6.18. The Morgan fingerprint density at radius 2 is 1.83 bits per heavy atom. The van der Waals surface area contributed by atoms with E-state index in [1.165, 1.54) is 0 Å². The van der Waals surface area contributed by atoms with Crippen molar-refractivity contribution in [2.75, 3.05) is 42.6 Å². The van der Waals surface area contributed by atoms with Crippen LogP contribution in [0.5, 0.6) is 5.75 Å². The van der Waals surface area contributed by atoms with E-state index in [0.29, 0.717) is 6.61 Å². The molecule has 7 heteroatoms. The maximum absolute atomic E-state index is 5.71. The lowest BCUT2D eigenvalue weighted by atomic mass is 10.2. The minimum atomic E-state index is 0.644. The largest absolute Gasteiger partial charge is 0.490 e.